The minimum absolute atomic E-state index is 0.00738. The van der Waals surface area contributed by atoms with E-state index in [9.17, 15) is 9.18 Å². The number of hydrogen-bond donors (Lipinski definition) is 0. The van der Waals surface area contributed by atoms with E-state index in [0.717, 1.165) is 0 Å². The summed E-state index contributed by atoms with van der Waals surface area (Å²) in [6.45, 7) is 2.71. The number of nitrogens with zero attached hydrogens (tertiary/aromatic N) is 3. The lowest BCUT2D eigenvalue weighted by Crippen LogP contribution is -2.42. The van der Waals surface area contributed by atoms with Gasteiger partial charge in [0.05, 0.1) is 6.04 Å². The Kier molecular flexibility index (Phi) is 4.58. The van der Waals surface area contributed by atoms with Crippen molar-refractivity contribution >= 4 is 23.2 Å². The number of fused-ring (bicyclic) bond motifs is 1. The van der Waals surface area contributed by atoms with Crippen molar-refractivity contribution in [2.45, 2.75) is 19.6 Å². The maximum Gasteiger partial charge on any atom is 0.276 e. The number of carbonyl (C=O) groups excluding carboxylic acids is 1. The Labute approximate surface area is 160 Å². The van der Waals surface area contributed by atoms with E-state index in [1.165, 1.54) is 12.1 Å². The highest BCUT2D eigenvalue weighted by Crippen LogP contribution is 2.27. The van der Waals surface area contributed by atoms with Crippen LogP contribution in [-0.4, -0.2) is 22.2 Å². The second-order valence-corrected chi connectivity index (χ2v) is 6.89. The van der Waals surface area contributed by atoms with Crippen molar-refractivity contribution in [2.75, 3.05) is 11.4 Å². The zero-order valence-electron chi connectivity index (χ0n) is 14.6. The second kappa shape index (κ2) is 7.04. The summed E-state index contributed by atoms with van der Waals surface area (Å²) in [5.74, 6) is 0.186. The van der Waals surface area contributed by atoms with Gasteiger partial charge in [0.15, 0.2) is 0 Å². The fraction of sp³-hybridized carbons (Fsp3) is 0.200. The molecule has 2 aromatic carbocycles. The number of carbonyl (C=O) groups is 1. The normalized spacial score (nSPS) is 16.3. The Balaban J connectivity index is 1.54. The van der Waals surface area contributed by atoms with Crippen molar-refractivity contribution < 1.29 is 13.9 Å². The summed E-state index contributed by atoms with van der Waals surface area (Å²) in [7, 11) is 0. The summed E-state index contributed by atoms with van der Waals surface area (Å²) in [4.78, 5) is 14.5. The smallest absolute Gasteiger partial charge is 0.276 e. The maximum atomic E-state index is 13.2. The van der Waals surface area contributed by atoms with E-state index in [1.54, 1.807) is 52.0 Å². The molecule has 0 N–H and O–H groups in total. The Morgan fingerprint density at radius 2 is 1.89 bits per heavy atom. The first-order valence-electron chi connectivity index (χ1n) is 8.55. The van der Waals surface area contributed by atoms with Crippen molar-refractivity contribution in [1.82, 2.24) is 9.78 Å². The molecule has 2 heterocycles. The average molecular weight is 386 g/mol. The van der Waals surface area contributed by atoms with E-state index < -0.39 is 0 Å². The molecule has 0 saturated carbocycles. The quantitative estimate of drug-likeness (QED) is 0.665. The van der Waals surface area contributed by atoms with Gasteiger partial charge in [0, 0.05) is 17.3 Å². The molecule has 0 radical (unpaired) electrons. The SMILES string of the molecule is C[C@@H]1CN(c2ccc(F)cc2)C(=O)c2cc(COc3ccc(Cl)cc3)nn21. The van der Waals surface area contributed by atoms with Crippen LogP contribution in [-0.2, 0) is 6.61 Å². The molecule has 1 aliphatic rings. The first kappa shape index (κ1) is 17.5. The standard InChI is InChI=1S/C20H17ClFN3O2/c1-13-11-24(17-6-4-15(22)5-7-17)20(26)19-10-16(23-25(13)19)12-27-18-8-2-14(21)3-9-18/h2-10,13H,11-12H2,1H3/t13-/m1/s1. The highest BCUT2D eigenvalue weighted by atomic mass is 35.5. The van der Waals surface area contributed by atoms with Gasteiger partial charge in [-0.15, -0.1) is 0 Å². The van der Waals surface area contributed by atoms with Crippen LogP contribution in [0.3, 0.4) is 0 Å². The average Bonchev–Trinajstić information content (AvgIpc) is 3.10. The summed E-state index contributed by atoms with van der Waals surface area (Å²) in [6.07, 6.45) is 0. The molecule has 0 spiro atoms. The third-order valence-electron chi connectivity index (χ3n) is 4.45. The molecule has 5 nitrogen and oxygen atoms in total. The van der Waals surface area contributed by atoms with Crippen molar-refractivity contribution in [3.8, 4) is 5.75 Å². The second-order valence-electron chi connectivity index (χ2n) is 6.45. The molecule has 0 saturated heterocycles. The molecule has 4 rings (SSSR count). The van der Waals surface area contributed by atoms with Crippen molar-refractivity contribution in [3.63, 3.8) is 0 Å². The fourth-order valence-corrected chi connectivity index (χ4v) is 3.23. The maximum absolute atomic E-state index is 13.2. The molecule has 138 valence electrons. The van der Waals surface area contributed by atoms with E-state index >= 15 is 0 Å². The van der Waals surface area contributed by atoms with Gasteiger partial charge >= 0.3 is 0 Å². The summed E-state index contributed by atoms with van der Waals surface area (Å²) in [6, 6.07) is 14.7. The number of amides is 1. The largest absolute Gasteiger partial charge is 0.487 e. The van der Waals surface area contributed by atoms with Crippen LogP contribution in [0.1, 0.15) is 29.1 Å². The number of halogens is 2. The van der Waals surface area contributed by atoms with E-state index in [0.29, 0.717) is 34.4 Å². The lowest BCUT2D eigenvalue weighted by Gasteiger charge is -2.31. The van der Waals surface area contributed by atoms with Crippen molar-refractivity contribution in [3.05, 3.63) is 76.8 Å². The zero-order chi connectivity index (χ0) is 19.0. The van der Waals surface area contributed by atoms with Crippen LogP contribution >= 0.6 is 11.6 Å². The van der Waals surface area contributed by atoms with Gasteiger partial charge in [0.2, 0.25) is 0 Å². The molecule has 0 fully saturated rings. The Morgan fingerprint density at radius 3 is 2.59 bits per heavy atom. The number of rotatable bonds is 4. The first-order valence-corrected chi connectivity index (χ1v) is 8.93. The Hall–Kier alpha value is -2.86. The predicted molar refractivity (Wildman–Crippen MR) is 101 cm³/mol. The molecule has 1 atom stereocenters. The summed E-state index contributed by atoms with van der Waals surface area (Å²) in [5, 5.41) is 5.15. The lowest BCUT2D eigenvalue weighted by atomic mass is 10.1. The third kappa shape index (κ3) is 3.53. The van der Waals surface area contributed by atoms with Crippen LogP contribution < -0.4 is 9.64 Å². The molecule has 0 aliphatic carbocycles. The van der Waals surface area contributed by atoms with Gasteiger partial charge in [-0.25, -0.2) is 4.39 Å². The number of hydrogen-bond acceptors (Lipinski definition) is 3. The number of aromatic nitrogens is 2. The number of anilines is 1. The van der Waals surface area contributed by atoms with E-state index in [2.05, 4.69) is 5.10 Å². The van der Waals surface area contributed by atoms with Gasteiger partial charge < -0.3 is 9.64 Å². The lowest BCUT2D eigenvalue weighted by molar-refractivity contribution is 0.0953. The van der Waals surface area contributed by atoms with E-state index in [4.69, 9.17) is 16.3 Å². The molecule has 0 bridgehead atoms. The predicted octanol–water partition coefficient (Wildman–Crippen LogP) is 4.48. The van der Waals surface area contributed by atoms with Crippen LogP contribution in [0.25, 0.3) is 0 Å². The number of benzene rings is 2. The van der Waals surface area contributed by atoms with Crippen LogP contribution in [0.2, 0.25) is 5.02 Å². The molecule has 27 heavy (non-hydrogen) atoms. The van der Waals surface area contributed by atoms with E-state index in [-0.39, 0.29) is 24.4 Å². The monoisotopic (exact) mass is 385 g/mol. The van der Waals surface area contributed by atoms with Crippen molar-refractivity contribution in [2.24, 2.45) is 0 Å². The van der Waals surface area contributed by atoms with Gasteiger partial charge in [-0.3, -0.25) is 9.48 Å². The van der Waals surface area contributed by atoms with Gasteiger partial charge in [-0.2, -0.15) is 5.10 Å². The number of ether oxygens (including phenoxy) is 1. The summed E-state index contributed by atoms with van der Waals surface area (Å²) < 4.78 is 20.6. The summed E-state index contributed by atoms with van der Waals surface area (Å²) >= 11 is 5.87. The van der Waals surface area contributed by atoms with Crippen LogP contribution in [0, 0.1) is 5.82 Å². The molecule has 3 aromatic rings. The molecular formula is C20H17ClFN3O2. The highest BCUT2D eigenvalue weighted by molar-refractivity contribution is 6.30. The van der Waals surface area contributed by atoms with Crippen LogP contribution in [0.5, 0.6) is 5.75 Å². The highest BCUT2D eigenvalue weighted by Gasteiger charge is 2.31. The summed E-state index contributed by atoms with van der Waals surface area (Å²) in [5.41, 5.74) is 1.83. The molecule has 1 aliphatic heterocycles. The van der Waals surface area contributed by atoms with Gasteiger partial charge in [-0.1, -0.05) is 11.6 Å². The van der Waals surface area contributed by atoms with Gasteiger partial charge in [-0.05, 0) is 61.5 Å². The molecule has 0 unspecified atom stereocenters. The topological polar surface area (TPSA) is 47.4 Å². The first-order chi connectivity index (χ1) is 13.0. The fourth-order valence-electron chi connectivity index (χ4n) is 3.11. The zero-order valence-corrected chi connectivity index (χ0v) is 15.4. The van der Waals surface area contributed by atoms with Crippen LogP contribution in [0.15, 0.2) is 54.6 Å². The van der Waals surface area contributed by atoms with Crippen LogP contribution in [0.4, 0.5) is 10.1 Å². The minimum Gasteiger partial charge on any atom is -0.487 e. The molecule has 1 aromatic heterocycles. The Morgan fingerprint density at radius 1 is 1.19 bits per heavy atom. The Bertz CT molecular complexity index is 970. The van der Waals surface area contributed by atoms with E-state index in [1.807, 2.05) is 6.92 Å². The third-order valence-corrected chi connectivity index (χ3v) is 4.71. The molecule has 7 heteroatoms. The van der Waals surface area contributed by atoms with Gasteiger partial charge in [0.1, 0.15) is 29.6 Å². The van der Waals surface area contributed by atoms with Gasteiger partial charge in [0.25, 0.3) is 5.91 Å². The van der Waals surface area contributed by atoms with Crippen molar-refractivity contribution in [1.29, 1.82) is 0 Å². The molecule has 1 amide bonds. The minimum atomic E-state index is -0.331. The molecular weight excluding hydrogens is 369 g/mol.